The van der Waals surface area contributed by atoms with Crippen LogP contribution in [0.1, 0.15) is 30.7 Å². The average molecular weight is 386 g/mol. The van der Waals surface area contributed by atoms with E-state index in [1.807, 2.05) is 19.9 Å². The smallest absolute Gasteiger partial charge is 0.387 e. The molecule has 0 aliphatic carbocycles. The summed E-state index contributed by atoms with van der Waals surface area (Å²) in [6.45, 7) is 1.32. The van der Waals surface area contributed by atoms with Gasteiger partial charge in [0, 0.05) is 42.1 Å². The van der Waals surface area contributed by atoms with Crippen molar-refractivity contribution >= 4 is 11.7 Å². The van der Waals surface area contributed by atoms with Crippen LogP contribution in [0.15, 0.2) is 24.3 Å². The number of pyridine rings is 1. The molecule has 0 bridgehead atoms. The third-order valence-corrected chi connectivity index (χ3v) is 4.67. The molecular formula is C20H20F2N4O2. The molecule has 8 heteroatoms. The maximum Gasteiger partial charge on any atom is 0.387 e. The van der Waals surface area contributed by atoms with Gasteiger partial charge in [-0.1, -0.05) is 32.0 Å². The van der Waals surface area contributed by atoms with E-state index in [1.165, 1.54) is 6.07 Å². The lowest BCUT2D eigenvalue weighted by molar-refractivity contribution is -0.135. The molecule has 0 fully saturated rings. The second kappa shape index (κ2) is 7.80. The molecule has 3 rings (SSSR count). The Labute approximate surface area is 161 Å². The topological polar surface area (TPSA) is 92.2 Å². The lowest BCUT2D eigenvalue weighted by Gasteiger charge is -2.32. The Hall–Kier alpha value is -3.21. The molecule has 0 saturated heterocycles. The first-order chi connectivity index (χ1) is 13.3. The maximum atomic E-state index is 12.9. The van der Waals surface area contributed by atoms with Gasteiger partial charge in [0.15, 0.2) is 0 Å². The van der Waals surface area contributed by atoms with Gasteiger partial charge in [0.2, 0.25) is 5.91 Å². The Morgan fingerprint density at radius 1 is 1.36 bits per heavy atom. The number of nitrogens with two attached hydrogens (primary N) is 1. The van der Waals surface area contributed by atoms with Gasteiger partial charge in [0.05, 0.1) is 5.69 Å². The number of nitrogen functional groups attached to an aromatic ring is 1. The molecule has 0 atom stereocenters. The van der Waals surface area contributed by atoms with Crippen molar-refractivity contribution in [3.8, 4) is 22.9 Å². The second-order valence-corrected chi connectivity index (χ2v) is 6.82. The van der Waals surface area contributed by atoms with Gasteiger partial charge in [-0.3, -0.25) is 4.79 Å². The first kappa shape index (κ1) is 19.5. The molecule has 1 amide bonds. The Balaban J connectivity index is 2.21. The van der Waals surface area contributed by atoms with Crippen molar-refractivity contribution in [2.75, 3.05) is 12.3 Å². The molecule has 146 valence electrons. The molecule has 0 saturated carbocycles. The molecule has 6 nitrogen and oxygen atoms in total. The van der Waals surface area contributed by atoms with Crippen LogP contribution < -0.4 is 10.5 Å². The minimum atomic E-state index is -3.01. The van der Waals surface area contributed by atoms with E-state index in [2.05, 4.69) is 9.72 Å². The highest BCUT2D eigenvalue weighted by atomic mass is 19.3. The molecule has 1 aromatic carbocycles. The molecular weight excluding hydrogens is 366 g/mol. The van der Waals surface area contributed by atoms with Gasteiger partial charge in [0.25, 0.3) is 0 Å². The number of hydrogen-bond acceptors (Lipinski definition) is 5. The van der Waals surface area contributed by atoms with Gasteiger partial charge in [0.1, 0.15) is 23.2 Å². The van der Waals surface area contributed by atoms with Crippen molar-refractivity contribution in [3.63, 3.8) is 0 Å². The summed E-state index contributed by atoms with van der Waals surface area (Å²) in [7, 11) is 0. The zero-order valence-electron chi connectivity index (χ0n) is 15.6. The molecule has 1 aliphatic heterocycles. The van der Waals surface area contributed by atoms with Crippen molar-refractivity contribution in [1.29, 1.82) is 5.26 Å². The second-order valence-electron chi connectivity index (χ2n) is 6.82. The number of amides is 1. The first-order valence-corrected chi connectivity index (χ1v) is 8.87. The Kier molecular flexibility index (Phi) is 5.45. The summed E-state index contributed by atoms with van der Waals surface area (Å²) in [4.78, 5) is 18.5. The zero-order valence-corrected chi connectivity index (χ0v) is 15.6. The average Bonchev–Trinajstić information content (AvgIpc) is 2.66. The molecule has 0 unspecified atom stereocenters. The number of halogens is 2. The third kappa shape index (κ3) is 3.60. The van der Waals surface area contributed by atoms with Crippen molar-refractivity contribution in [2.45, 2.75) is 33.4 Å². The SMILES string of the molecule is CC(C)C(=O)N1CCc2nc(N)c(C#N)c(-c3ccccc3OC(F)F)c2C1. The lowest BCUT2D eigenvalue weighted by atomic mass is 9.90. The summed E-state index contributed by atoms with van der Waals surface area (Å²) < 4.78 is 30.5. The van der Waals surface area contributed by atoms with Gasteiger partial charge in [-0.05, 0) is 6.07 Å². The number of benzene rings is 1. The van der Waals surface area contributed by atoms with Gasteiger partial charge in [-0.2, -0.15) is 14.0 Å². The summed E-state index contributed by atoms with van der Waals surface area (Å²) in [6, 6.07) is 8.26. The van der Waals surface area contributed by atoms with Crippen molar-refractivity contribution < 1.29 is 18.3 Å². The first-order valence-electron chi connectivity index (χ1n) is 8.87. The number of carbonyl (C=O) groups excluding carboxylic acids is 1. The van der Waals surface area contributed by atoms with Crippen LogP contribution in [0.5, 0.6) is 5.75 Å². The highest BCUT2D eigenvalue weighted by molar-refractivity contribution is 5.84. The molecule has 0 radical (unpaired) electrons. The minimum Gasteiger partial charge on any atom is -0.434 e. The standard InChI is InChI=1S/C20H20F2N4O2/c1-11(2)19(27)26-8-7-15-14(10-26)17(13(9-23)18(24)25-15)12-5-3-4-6-16(12)28-20(21)22/h3-6,11,20H,7-8,10H2,1-2H3,(H2,24,25). The number of alkyl halides is 2. The summed E-state index contributed by atoms with van der Waals surface area (Å²) in [6.07, 6.45) is 0.467. The highest BCUT2D eigenvalue weighted by Gasteiger charge is 2.29. The molecule has 2 N–H and O–H groups in total. The van der Waals surface area contributed by atoms with Crippen LogP contribution in [0.4, 0.5) is 14.6 Å². The number of para-hydroxylation sites is 1. The molecule has 2 aromatic rings. The quantitative estimate of drug-likeness (QED) is 0.870. The highest BCUT2D eigenvalue weighted by Crippen LogP contribution is 2.40. The number of ether oxygens (including phenoxy) is 1. The number of rotatable bonds is 4. The fraction of sp³-hybridized carbons (Fsp3) is 0.350. The number of nitriles is 1. The van der Waals surface area contributed by atoms with Gasteiger partial charge in [-0.25, -0.2) is 4.98 Å². The Morgan fingerprint density at radius 3 is 2.71 bits per heavy atom. The molecule has 1 aromatic heterocycles. The maximum absolute atomic E-state index is 12.9. The summed E-state index contributed by atoms with van der Waals surface area (Å²) in [5.74, 6) is -0.235. The van der Waals surface area contributed by atoms with Crippen LogP contribution in [0.3, 0.4) is 0 Å². The van der Waals surface area contributed by atoms with E-state index >= 15 is 0 Å². The third-order valence-electron chi connectivity index (χ3n) is 4.67. The van der Waals surface area contributed by atoms with E-state index in [9.17, 15) is 18.8 Å². The summed E-state index contributed by atoms with van der Waals surface area (Å²) >= 11 is 0. The van der Waals surface area contributed by atoms with Crippen LogP contribution in [-0.2, 0) is 17.8 Å². The van der Waals surface area contributed by atoms with Crippen LogP contribution in [0, 0.1) is 17.2 Å². The van der Waals surface area contributed by atoms with Crippen molar-refractivity contribution in [1.82, 2.24) is 9.88 Å². The number of fused-ring (bicyclic) bond motifs is 1. The van der Waals surface area contributed by atoms with Crippen molar-refractivity contribution in [2.24, 2.45) is 5.92 Å². The van der Waals surface area contributed by atoms with E-state index in [4.69, 9.17) is 5.73 Å². The van der Waals surface area contributed by atoms with E-state index in [0.29, 0.717) is 35.3 Å². The summed E-state index contributed by atoms with van der Waals surface area (Å²) in [5.41, 5.74) is 8.08. The molecule has 0 spiro atoms. The molecule has 28 heavy (non-hydrogen) atoms. The van der Waals surface area contributed by atoms with Gasteiger partial charge in [-0.15, -0.1) is 0 Å². The van der Waals surface area contributed by atoms with Crippen molar-refractivity contribution in [3.05, 3.63) is 41.1 Å². The van der Waals surface area contributed by atoms with Crippen LogP contribution in [0.25, 0.3) is 11.1 Å². The van der Waals surface area contributed by atoms with Crippen LogP contribution in [0.2, 0.25) is 0 Å². The van der Waals surface area contributed by atoms with Crippen LogP contribution in [-0.4, -0.2) is 28.9 Å². The fourth-order valence-corrected chi connectivity index (χ4v) is 3.42. The lowest BCUT2D eigenvalue weighted by Crippen LogP contribution is -2.39. The molecule has 2 heterocycles. The number of anilines is 1. The number of carbonyl (C=O) groups is 1. The predicted octanol–water partition coefficient (Wildman–Crippen LogP) is 3.34. The summed E-state index contributed by atoms with van der Waals surface area (Å²) in [5, 5.41) is 9.66. The van der Waals surface area contributed by atoms with Gasteiger partial charge < -0.3 is 15.4 Å². The number of aromatic nitrogens is 1. The molecule has 1 aliphatic rings. The predicted molar refractivity (Wildman–Crippen MR) is 99.4 cm³/mol. The van der Waals surface area contributed by atoms with E-state index < -0.39 is 6.61 Å². The monoisotopic (exact) mass is 386 g/mol. The van der Waals surface area contributed by atoms with Gasteiger partial charge >= 0.3 is 6.61 Å². The fourth-order valence-electron chi connectivity index (χ4n) is 3.42. The normalized spacial score (nSPS) is 13.4. The van der Waals surface area contributed by atoms with E-state index in [0.717, 1.165) is 0 Å². The number of hydrogen-bond donors (Lipinski definition) is 1. The largest absolute Gasteiger partial charge is 0.434 e. The Morgan fingerprint density at radius 2 is 2.07 bits per heavy atom. The number of nitrogens with zero attached hydrogens (tertiary/aromatic N) is 3. The van der Waals surface area contributed by atoms with E-state index in [1.54, 1.807) is 23.1 Å². The van der Waals surface area contributed by atoms with Crippen LogP contribution >= 0.6 is 0 Å². The van der Waals surface area contributed by atoms with E-state index in [-0.39, 0.29) is 35.5 Å². The Bertz CT molecular complexity index is 954. The minimum absolute atomic E-state index is 0.0240. The zero-order chi connectivity index (χ0) is 20.4.